The maximum atomic E-state index is 12.5. The van der Waals surface area contributed by atoms with E-state index in [-0.39, 0.29) is 11.1 Å². The molecule has 0 unspecified atom stereocenters. The number of hydrogen-bond donors (Lipinski definition) is 0. The van der Waals surface area contributed by atoms with Crippen LogP contribution in [0.2, 0.25) is 0 Å². The van der Waals surface area contributed by atoms with E-state index in [0.29, 0.717) is 24.0 Å². The van der Waals surface area contributed by atoms with Gasteiger partial charge in [-0.2, -0.15) is 0 Å². The number of hydrogen-bond acceptors (Lipinski definition) is 5. The number of nitrogens with zero attached hydrogens (tertiary/aromatic N) is 1. The van der Waals surface area contributed by atoms with Crippen LogP contribution in [0.15, 0.2) is 77.4 Å². The molecule has 5 heteroatoms. The highest BCUT2D eigenvalue weighted by atomic mass is 16.6. The van der Waals surface area contributed by atoms with Gasteiger partial charge in [0.1, 0.15) is 6.61 Å². The quantitative estimate of drug-likeness (QED) is 0.327. The second-order valence-corrected chi connectivity index (χ2v) is 9.35. The molecule has 0 amide bonds. The Hall–Kier alpha value is -3.86. The molecule has 4 rings (SSSR count). The number of methoxy groups -OCH3 is 1. The minimum Gasteiger partial charge on any atom is -0.493 e. The molecule has 0 N–H and O–H groups in total. The summed E-state index contributed by atoms with van der Waals surface area (Å²) in [7, 11) is 1.60. The van der Waals surface area contributed by atoms with Gasteiger partial charge in [-0.25, -0.2) is 9.79 Å². The Morgan fingerprint density at radius 1 is 0.941 bits per heavy atom. The molecule has 1 aliphatic rings. The van der Waals surface area contributed by atoms with Crippen molar-refractivity contribution < 1.29 is 19.0 Å². The van der Waals surface area contributed by atoms with E-state index in [2.05, 4.69) is 37.9 Å². The van der Waals surface area contributed by atoms with Gasteiger partial charge < -0.3 is 14.2 Å². The Morgan fingerprint density at radius 2 is 1.65 bits per heavy atom. The molecule has 1 aliphatic heterocycles. The molecule has 0 bridgehead atoms. The molecule has 0 fully saturated rings. The van der Waals surface area contributed by atoms with Crippen LogP contribution in [0.25, 0.3) is 6.08 Å². The number of carbonyl (C=O) groups is 1. The Kier molecular flexibility index (Phi) is 6.55. The summed E-state index contributed by atoms with van der Waals surface area (Å²) in [4.78, 5) is 16.9. The van der Waals surface area contributed by atoms with Gasteiger partial charge in [0.05, 0.1) is 7.11 Å². The first-order chi connectivity index (χ1) is 16.2. The van der Waals surface area contributed by atoms with Crippen molar-refractivity contribution in [1.29, 1.82) is 0 Å². The predicted octanol–water partition coefficient (Wildman–Crippen LogP) is 6.22. The smallest absolute Gasteiger partial charge is 0.363 e. The first-order valence-electron chi connectivity index (χ1n) is 11.2. The summed E-state index contributed by atoms with van der Waals surface area (Å²) in [5.74, 6) is 1.03. The summed E-state index contributed by atoms with van der Waals surface area (Å²) in [5, 5.41) is 0. The first kappa shape index (κ1) is 23.3. The van der Waals surface area contributed by atoms with Crippen LogP contribution in [0, 0.1) is 6.92 Å². The van der Waals surface area contributed by atoms with Crippen LogP contribution < -0.4 is 9.47 Å². The van der Waals surface area contributed by atoms with Crippen LogP contribution in [0.5, 0.6) is 11.5 Å². The highest BCUT2D eigenvalue weighted by Crippen LogP contribution is 2.31. The Labute approximate surface area is 200 Å². The number of rotatable bonds is 6. The minimum atomic E-state index is -0.479. The van der Waals surface area contributed by atoms with Crippen molar-refractivity contribution in [3.63, 3.8) is 0 Å². The van der Waals surface area contributed by atoms with Crippen LogP contribution in [-0.2, 0) is 21.6 Å². The zero-order valence-corrected chi connectivity index (χ0v) is 20.2. The fraction of sp³-hybridized carbons (Fsp3) is 0.241. The molecule has 0 saturated heterocycles. The third-order valence-electron chi connectivity index (χ3n) is 5.62. The average molecular weight is 456 g/mol. The summed E-state index contributed by atoms with van der Waals surface area (Å²) in [5.41, 5.74) is 5.27. The molecule has 0 aliphatic carbocycles. The van der Waals surface area contributed by atoms with Crippen molar-refractivity contribution in [3.05, 3.63) is 100 Å². The van der Waals surface area contributed by atoms with Crippen molar-refractivity contribution in [3.8, 4) is 11.5 Å². The molecular formula is C29H29NO4. The Morgan fingerprint density at radius 3 is 2.29 bits per heavy atom. The van der Waals surface area contributed by atoms with E-state index >= 15 is 0 Å². The SMILES string of the molecule is COc1ccc(C=C2N=C(c3ccc(C(C)(C)C)cc3)OC2=O)cc1OCc1ccc(C)cc1. The lowest BCUT2D eigenvalue weighted by molar-refractivity contribution is -0.129. The molecule has 0 saturated carbocycles. The lowest BCUT2D eigenvalue weighted by atomic mass is 9.87. The molecule has 0 atom stereocenters. The largest absolute Gasteiger partial charge is 0.493 e. The van der Waals surface area contributed by atoms with Gasteiger partial charge in [-0.1, -0.05) is 68.8 Å². The standard InChI is InChI=1S/C29H29NO4/c1-19-6-8-20(9-7-19)18-33-26-17-21(10-15-25(26)32-5)16-24-28(31)34-27(30-24)22-11-13-23(14-12-22)29(2,3)4/h6-17H,18H2,1-5H3. The molecule has 3 aromatic carbocycles. The molecule has 5 nitrogen and oxygen atoms in total. The zero-order chi connectivity index (χ0) is 24.3. The number of carbonyl (C=O) groups excluding carboxylic acids is 1. The second kappa shape index (κ2) is 9.56. The fourth-order valence-corrected chi connectivity index (χ4v) is 3.54. The normalized spacial score (nSPS) is 14.7. The fourth-order valence-electron chi connectivity index (χ4n) is 3.54. The van der Waals surface area contributed by atoms with Crippen molar-refractivity contribution in [1.82, 2.24) is 0 Å². The number of aliphatic imine (C=N–C) groups is 1. The first-order valence-corrected chi connectivity index (χ1v) is 11.2. The predicted molar refractivity (Wildman–Crippen MR) is 134 cm³/mol. The topological polar surface area (TPSA) is 57.1 Å². The summed E-state index contributed by atoms with van der Waals surface area (Å²) < 4.78 is 16.9. The molecule has 0 radical (unpaired) electrons. The highest BCUT2D eigenvalue weighted by molar-refractivity contribution is 6.12. The summed E-state index contributed by atoms with van der Waals surface area (Å²) in [6.45, 7) is 8.93. The lowest BCUT2D eigenvalue weighted by Crippen LogP contribution is -2.11. The van der Waals surface area contributed by atoms with Gasteiger partial charge >= 0.3 is 5.97 Å². The van der Waals surface area contributed by atoms with Gasteiger partial charge in [0, 0.05) is 5.56 Å². The van der Waals surface area contributed by atoms with Crippen LogP contribution in [0.1, 0.15) is 48.6 Å². The number of esters is 1. The highest BCUT2D eigenvalue weighted by Gasteiger charge is 2.25. The molecule has 174 valence electrons. The van der Waals surface area contributed by atoms with Crippen LogP contribution >= 0.6 is 0 Å². The van der Waals surface area contributed by atoms with E-state index < -0.39 is 5.97 Å². The van der Waals surface area contributed by atoms with Gasteiger partial charge in [0.15, 0.2) is 17.2 Å². The number of ether oxygens (including phenoxy) is 3. The Bertz CT molecular complexity index is 1250. The molecule has 0 spiro atoms. The van der Waals surface area contributed by atoms with Gasteiger partial charge in [0.2, 0.25) is 5.90 Å². The van der Waals surface area contributed by atoms with Crippen LogP contribution in [0.3, 0.4) is 0 Å². The summed E-state index contributed by atoms with van der Waals surface area (Å²) in [6.07, 6.45) is 1.69. The summed E-state index contributed by atoms with van der Waals surface area (Å²) >= 11 is 0. The number of benzene rings is 3. The van der Waals surface area contributed by atoms with E-state index in [0.717, 1.165) is 16.7 Å². The van der Waals surface area contributed by atoms with E-state index in [1.165, 1.54) is 11.1 Å². The lowest BCUT2D eigenvalue weighted by Gasteiger charge is -2.18. The molecule has 34 heavy (non-hydrogen) atoms. The van der Waals surface area contributed by atoms with E-state index in [1.54, 1.807) is 13.2 Å². The monoisotopic (exact) mass is 455 g/mol. The van der Waals surface area contributed by atoms with Crippen molar-refractivity contribution >= 4 is 17.9 Å². The minimum absolute atomic E-state index is 0.0470. The second-order valence-electron chi connectivity index (χ2n) is 9.35. The van der Waals surface area contributed by atoms with Crippen molar-refractivity contribution in [2.24, 2.45) is 4.99 Å². The third kappa shape index (κ3) is 5.37. The van der Waals surface area contributed by atoms with E-state index in [4.69, 9.17) is 14.2 Å². The zero-order valence-electron chi connectivity index (χ0n) is 20.2. The molecule has 1 heterocycles. The van der Waals surface area contributed by atoms with Crippen LogP contribution in [-0.4, -0.2) is 19.0 Å². The Balaban J connectivity index is 1.55. The average Bonchev–Trinajstić information content (AvgIpc) is 3.18. The van der Waals surface area contributed by atoms with Crippen molar-refractivity contribution in [2.45, 2.75) is 39.7 Å². The summed E-state index contributed by atoms with van der Waals surface area (Å²) in [6, 6.07) is 21.6. The van der Waals surface area contributed by atoms with Gasteiger partial charge in [-0.05, 0) is 59.4 Å². The van der Waals surface area contributed by atoms with E-state index in [9.17, 15) is 4.79 Å². The van der Waals surface area contributed by atoms with Gasteiger partial charge in [-0.3, -0.25) is 0 Å². The molecular weight excluding hydrogens is 426 g/mol. The molecule has 3 aromatic rings. The van der Waals surface area contributed by atoms with E-state index in [1.807, 2.05) is 61.5 Å². The van der Waals surface area contributed by atoms with Crippen LogP contribution in [0.4, 0.5) is 0 Å². The van der Waals surface area contributed by atoms with Gasteiger partial charge in [0.25, 0.3) is 0 Å². The number of cyclic esters (lactones) is 1. The van der Waals surface area contributed by atoms with Crippen molar-refractivity contribution in [2.75, 3.05) is 7.11 Å². The number of aryl methyl sites for hydroxylation is 1. The van der Waals surface area contributed by atoms with Gasteiger partial charge in [-0.15, -0.1) is 0 Å². The maximum Gasteiger partial charge on any atom is 0.363 e. The maximum absolute atomic E-state index is 12.5. The molecule has 0 aromatic heterocycles. The third-order valence-corrected chi connectivity index (χ3v) is 5.62.